The zero-order valence-corrected chi connectivity index (χ0v) is 27.3. The van der Waals surface area contributed by atoms with Gasteiger partial charge in [0, 0.05) is 25.0 Å². The van der Waals surface area contributed by atoms with E-state index >= 15 is 4.79 Å². The van der Waals surface area contributed by atoms with Crippen molar-refractivity contribution in [3.63, 3.8) is 0 Å². The van der Waals surface area contributed by atoms with Gasteiger partial charge in [-0.25, -0.2) is 4.99 Å². The molecule has 2 aliphatic rings. The molecule has 0 unspecified atom stereocenters. The lowest BCUT2D eigenvalue weighted by Crippen LogP contribution is -2.49. The summed E-state index contributed by atoms with van der Waals surface area (Å²) >= 11 is 0. The summed E-state index contributed by atoms with van der Waals surface area (Å²) in [5.41, 5.74) is 5.47. The summed E-state index contributed by atoms with van der Waals surface area (Å²) in [6.07, 6.45) is 4.09. The molecule has 2 atom stereocenters. The third kappa shape index (κ3) is 6.45. The third-order valence-corrected chi connectivity index (χ3v) is 9.07. The average molecular weight is 651 g/mol. The highest BCUT2D eigenvalue weighted by molar-refractivity contribution is 6.01. The fourth-order valence-electron chi connectivity index (χ4n) is 6.63. The van der Waals surface area contributed by atoms with Crippen LogP contribution in [0.5, 0.6) is 11.5 Å². The monoisotopic (exact) mass is 650 g/mol. The first-order valence-electron chi connectivity index (χ1n) is 16.5. The van der Waals surface area contributed by atoms with Crippen LogP contribution in [0.25, 0.3) is 17.2 Å². The summed E-state index contributed by atoms with van der Waals surface area (Å²) in [6.45, 7) is 0.477. The molecule has 0 spiro atoms. The van der Waals surface area contributed by atoms with Gasteiger partial charge >= 0.3 is 0 Å². The molecule has 1 aliphatic carbocycles. The van der Waals surface area contributed by atoms with E-state index in [-0.39, 0.29) is 25.0 Å². The molecule has 7 heteroatoms. The Morgan fingerprint density at radius 3 is 2.24 bits per heavy atom. The van der Waals surface area contributed by atoms with Crippen molar-refractivity contribution in [2.45, 2.75) is 30.5 Å². The van der Waals surface area contributed by atoms with Gasteiger partial charge in [0.05, 0.1) is 19.8 Å². The Hall–Kier alpha value is -5.66. The first-order valence-corrected chi connectivity index (χ1v) is 16.5. The maximum Gasteiger partial charge on any atom is 0.253 e. The smallest absolute Gasteiger partial charge is 0.253 e. The van der Waals surface area contributed by atoms with Gasteiger partial charge < -0.3 is 24.6 Å². The van der Waals surface area contributed by atoms with E-state index in [9.17, 15) is 0 Å². The Morgan fingerprint density at radius 2 is 1.55 bits per heavy atom. The Kier molecular flexibility index (Phi) is 9.26. The maximum atomic E-state index is 15.1. The number of rotatable bonds is 12. The molecule has 246 valence electrons. The second-order valence-electron chi connectivity index (χ2n) is 12.2. The van der Waals surface area contributed by atoms with Crippen LogP contribution in [-0.4, -0.2) is 42.8 Å². The fourth-order valence-corrected chi connectivity index (χ4v) is 6.63. The molecule has 7 nitrogen and oxygen atoms in total. The van der Waals surface area contributed by atoms with E-state index < -0.39 is 11.6 Å². The lowest BCUT2D eigenvalue weighted by molar-refractivity contribution is -0.129. The molecule has 49 heavy (non-hydrogen) atoms. The van der Waals surface area contributed by atoms with E-state index in [2.05, 4.69) is 29.6 Å². The van der Waals surface area contributed by atoms with Gasteiger partial charge in [-0.1, -0.05) is 103 Å². The van der Waals surface area contributed by atoms with Gasteiger partial charge in [-0.2, -0.15) is 0 Å². The Bertz CT molecular complexity index is 1940. The molecule has 7 rings (SSSR count). The number of fused-ring (bicyclic) bond motifs is 3. The molecule has 5 aromatic rings. The van der Waals surface area contributed by atoms with Crippen molar-refractivity contribution < 1.29 is 24.1 Å². The topological polar surface area (TPSA) is 89.4 Å². The van der Waals surface area contributed by atoms with Crippen LogP contribution in [0.15, 0.2) is 138 Å². The number of carbonyl (C=O) groups is 1. The highest BCUT2D eigenvalue weighted by Crippen LogP contribution is 2.47. The van der Waals surface area contributed by atoms with Crippen LogP contribution >= 0.6 is 0 Å². The van der Waals surface area contributed by atoms with Crippen molar-refractivity contribution in [1.29, 1.82) is 0 Å². The van der Waals surface area contributed by atoms with E-state index in [4.69, 9.17) is 24.3 Å². The van der Waals surface area contributed by atoms with Crippen LogP contribution in [0.4, 0.5) is 0 Å². The second kappa shape index (κ2) is 14.2. The molecule has 0 radical (unpaired) electrons. The van der Waals surface area contributed by atoms with Gasteiger partial charge in [0.15, 0.2) is 11.6 Å². The summed E-state index contributed by atoms with van der Waals surface area (Å²) in [4.78, 5) is 20.3. The van der Waals surface area contributed by atoms with E-state index in [0.717, 1.165) is 38.9 Å². The fraction of sp³-hybridized carbons (Fsp3) is 0.190. The molecule has 1 amide bonds. The molecular formula is C42H38N2O5. The number of nitrogens with zero attached hydrogens (tertiary/aromatic N) is 1. The average Bonchev–Trinajstić information content (AvgIpc) is 3.70. The van der Waals surface area contributed by atoms with Crippen molar-refractivity contribution in [3.8, 4) is 22.6 Å². The minimum atomic E-state index is -1.37. The lowest BCUT2D eigenvalue weighted by Gasteiger charge is -2.31. The molecule has 0 bridgehead atoms. The number of methoxy groups -OCH3 is 1. The summed E-state index contributed by atoms with van der Waals surface area (Å²) < 4.78 is 18.1. The van der Waals surface area contributed by atoms with E-state index in [1.807, 2.05) is 115 Å². The lowest BCUT2D eigenvalue weighted by atomic mass is 9.83. The molecular weight excluding hydrogens is 612 g/mol. The Labute approximate surface area is 286 Å². The summed E-state index contributed by atoms with van der Waals surface area (Å²) in [5, 5.41) is 12.6. The van der Waals surface area contributed by atoms with Gasteiger partial charge in [0.2, 0.25) is 5.90 Å². The number of aliphatic hydroxyl groups is 1. The van der Waals surface area contributed by atoms with Gasteiger partial charge in [0.25, 0.3) is 5.91 Å². The second-order valence-corrected chi connectivity index (χ2v) is 12.2. The number of aliphatic hydroxyl groups excluding tert-OH is 1. The Morgan fingerprint density at radius 1 is 0.857 bits per heavy atom. The molecule has 0 aromatic heterocycles. The number of aliphatic imine (C=N–C) groups is 1. The predicted molar refractivity (Wildman–Crippen MR) is 192 cm³/mol. The van der Waals surface area contributed by atoms with Gasteiger partial charge in [0.1, 0.15) is 11.5 Å². The minimum Gasteiger partial charge on any atom is -0.497 e. The molecule has 0 saturated carbocycles. The SMILES string of the molecule is COc1cccc([C@H]2OC(c3ccc(OCCCO)cc3)=N[C@@]2(C/C=C/c2ccccc2)C(=O)NC2c3ccccc3-c3ccccc32)c1. The molecule has 2 N–H and O–H groups in total. The number of nitrogens with one attached hydrogen (secondary N) is 1. The number of hydrogen-bond donors (Lipinski definition) is 2. The van der Waals surface area contributed by atoms with E-state index in [1.165, 1.54) is 0 Å². The minimum absolute atomic E-state index is 0.0648. The van der Waals surface area contributed by atoms with Gasteiger partial charge in [-0.15, -0.1) is 0 Å². The third-order valence-electron chi connectivity index (χ3n) is 9.07. The van der Waals surface area contributed by atoms with Crippen molar-refractivity contribution in [3.05, 3.63) is 161 Å². The first-order chi connectivity index (χ1) is 24.1. The number of hydrogen-bond acceptors (Lipinski definition) is 6. The van der Waals surface area contributed by atoms with Crippen molar-refractivity contribution in [2.75, 3.05) is 20.3 Å². The van der Waals surface area contributed by atoms with Crippen molar-refractivity contribution in [2.24, 2.45) is 4.99 Å². The van der Waals surface area contributed by atoms with Crippen LogP contribution in [-0.2, 0) is 9.53 Å². The summed E-state index contributed by atoms with van der Waals surface area (Å²) in [7, 11) is 1.62. The zero-order valence-electron chi connectivity index (χ0n) is 27.3. The molecule has 0 saturated heterocycles. The standard InChI is InChI=1S/C42H38N2O5/c1-47-33-16-9-15-31(28-33)39-42(25-10-14-29-12-3-2-4-13-29,44-40(49-39)30-21-23-32(24-22-30)48-27-11-26-45)41(46)43-38-36-19-7-5-17-34(36)35-18-6-8-20-37(35)38/h2-10,12-24,28,38-39,45H,11,25-27H2,1H3,(H,43,46)/b14-10+/t39-,42-/m1/s1. The Balaban J connectivity index is 1.32. The highest BCUT2D eigenvalue weighted by atomic mass is 16.5. The number of amides is 1. The first kappa shape index (κ1) is 31.9. The quantitative estimate of drug-likeness (QED) is 0.135. The van der Waals surface area contributed by atoms with Gasteiger partial charge in [-0.05, 0) is 69.8 Å². The van der Waals surface area contributed by atoms with Crippen LogP contribution < -0.4 is 14.8 Å². The predicted octanol–water partition coefficient (Wildman–Crippen LogP) is 7.70. The van der Waals surface area contributed by atoms with Gasteiger partial charge in [-0.3, -0.25) is 4.79 Å². The van der Waals surface area contributed by atoms with Crippen LogP contribution in [0, 0.1) is 0 Å². The normalized spacial score (nSPS) is 18.0. The summed E-state index contributed by atoms with van der Waals surface area (Å²) in [5.74, 6) is 1.46. The van der Waals surface area contributed by atoms with Crippen LogP contribution in [0.3, 0.4) is 0 Å². The largest absolute Gasteiger partial charge is 0.497 e. The molecule has 5 aromatic carbocycles. The molecule has 1 heterocycles. The number of carbonyl (C=O) groups excluding carboxylic acids is 1. The summed E-state index contributed by atoms with van der Waals surface area (Å²) in [6, 6.07) is 41.2. The highest BCUT2D eigenvalue weighted by Gasteiger charge is 2.53. The number of benzene rings is 5. The number of ether oxygens (including phenoxy) is 3. The van der Waals surface area contributed by atoms with E-state index in [1.54, 1.807) is 7.11 Å². The van der Waals surface area contributed by atoms with Crippen molar-refractivity contribution >= 4 is 17.9 Å². The zero-order chi connectivity index (χ0) is 33.6. The van der Waals surface area contributed by atoms with Crippen molar-refractivity contribution in [1.82, 2.24) is 5.32 Å². The molecule has 0 fully saturated rings. The molecule has 1 aliphatic heterocycles. The van der Waals surface area contributed by atoms with Crippen LogP contribution in [0.2, 0.25) is 0 Å². The van der Waals surface area contributed by atoms with E-state index in [0.29, 0.717) is 30.4 Å². The maximum absolute atomic E-state index is 15.1. The van der Waals surface area contributed by atoms with Crippen LogP contribution in [0.1, 0.15) is 52.8 Å².